The van der Waals surface area contributed by atoms with E-state index in [1.807, 2.05) is 37.3 Å². The van der Waals surface area contributed by atoms with Gasteiger partial charge in [0, 0.05) is 11.6 Å². The second-order valence-electron chi connectivity index (χ2n) is 5.67. The molecule has 124 valence electrons. The van der Waals surface area contributed by atoms with Gasteiger partial charge in [0.25, 0.3) is 0 Å². The highest BCUT2D eigenvalue weighted by Gasteiger charge is 2.20. The molecule has 1 atom stereocenters. The van der Waals surface area contributed by atoms with Crippen LogP contribution in [0, 0.1) is 5.92 Å². The monoisotopic (exact) mass is 341 g/mol. The highest BCUT2D eigenvalue weighted by atomic mass is 32.1. The fraction of sp³-hybridized carbons (Fsp3) is 0.211. The van der Waals surface area contributed by atoms with Gasteiger partial charge in [0.15, 0.2) is 0 Å². The summed E-state index contributed by atoms with van der Waals surface area (Å²) in [6.07, 6.45) is 1.09. The molecule has 1 amide bonds. The molecule has 0 saturated carbocycles. The number of carbonyl (C=O) groups excluding carboxylic acids is 1. The number of carbonyl (C=O) groups is 2. The summed E-state index contributed by atoms with van der Waals surface area (Å²) in [6.45, 7) is 1.83. The Labute approximate surface area is 146 Å². The maximum absolute atomic E-state index is 12.6. The van der Waals surface area contributed by atoms with Crippen LogP contribution >= 0.6 is 12.2 Å². The second kappa shape index (κ2) is 8.36. The summed E-state index contributed by atoms with van der Waals surface area (Å²) >= 11 is 5.17. The Balaban J connectivity index is 2.14. The number of hydrogen-bond donors (Lipinski definition) is 2. The molecule has 0 aliphatic rings. The van der Waals surface area contributed by atoms with E-state index in [1.165, 1.54) is 12.1 Å². The van der Waals surface area contributed by atoms with Crippen LogP contribution in [0.3, 0.4) is 0 Å². The standard InChI is InChI=1S/C19H19NO3S/c1-13(24)10-16(11-14-6-3-2-4-7-14)18(21)20-17-9-5-8-15(12-17)19(22)23/h2-9,12,16H,10-11H2,1H3,(H,20,21)(H,22,23). The molecule has 0 aliphatic carbocycles. The van der Waals surface area contributed by atoms with Crippen molar-refractivity contribution >= 4 is 34.6 Å². The molecular formula is C19H19NO3S. The van der Waals surface area contributed by atoms with Crippen LogP contribution in [0.1, 0.15) is 29.3 Å². The minimum absolute atomic E-state index is 0.137. The predicted octanol–water partition coefficient (Wildman–Crippen LogP) is 3.96. The van der Waals surface area contributed by atoms with Crippen LogP contribution in [0.2, 0.25) is 0 Å². The third-order valence-electron chi connectivity index (χ3n) is 3.61. The number of rotatable bonds is 7. The lowest BCUT2D eigenvalue weighted by Crippen LogP contribution is -2.26. The van der Waals surface area contributed by atoms with Gasteiger partial charge >= 0.3 is 5.97 Å². The zero-order chi connectivity index (χ0) is 17.5. The molecule has 4 nitrogen and oxygen atoms in total. The van der Waals surface area contributed by atoms with Crippen LogP contribution in [0.4, 0.5) is 5.69 Å². The van der Waals surface area contributed by atoms with Gasteiger partial charge in [0.1, 0.15) is 0 Å². The van der Waals surface area contributed by atoms with Crippen molar-refractivity contribution in [1.29, 1.82) is 0 Å². The van der Waals surface area contributed by atoms with E-state index in [9.17, 15) is 9.59 Å². The average Bonchev–Trinajstić information content (AvgIpc) is 2.55. The first-order valence-corrected chi connectivity index (χ1v) is 8.04. The Kier molecular flexibility index (Phi) is 6.21. The van der Waals surface area contributed by atoms with Gasteiger partial charge in [-0.1, -0.05) is 48.6 Å². The molecule has 0 aromatic heterocycles. The molecule has 5 heteroatoms. The van der Waals surface area contributed by atoms with E-state index in [2.05, 4.69) is 5.32 Å². The first-order valence-electron chi connectivity index (χ1n) is 7.63. The van der Waals surface area contributed by atoms with Gasteiger partial charge in [-0.2, -0.15) is 0 Å². The summed E-state index contributed by atoms with van der Waals surface area (Å²) in [7, 11) is 0. The van der Waals surface area contributed by atoms with E-state index < -0.39 is 5.97 Å². The van der Waals surface area contributed by atoms with Gasteiger partial charge in [-0.25, -0.2) is 4.79 Å². The van der Waals surface area contributed by atoms with E-state index in [1.54, 1.807) is 12.1 Å². The molecule has 0 heterocycles. The number of thiocarbonyl (C=S) groups is 1. The summed E-state index contributed by atoms with van der Waals surface area (Å²) < 4.78 is 0. The van der Waals surface area contributed by atoms with E-state index in [0.29, 0.717) is 18.5 Å². The van der Waals surface area contributed by atoms with Crippen LogP contribution in [0.5, 0.6) is 0 Å². The molecule has 1 unspecified atom stereocenters. The lowest BCUT2D eigenvalue weighted by Gasteiger charge is -2.17. The van der Waals surface area contributed by atoms with Gasteiger partial charge in [-0.15, -0.1) is 0 Å². The normalized spacial score (nSPS) is 11.5. The van der Waals surface area contributed by atoms with Crippen LogP contribution in [0.15, 0.2) is 54.6 Å². The molecule has 0 fully saturated rings. The van der Waals surface area contributed by atoms with Gasteiger partial charge in [-0.05, 0) is 48.4 Å². The number of aromatic carboxylic acids is 1. The van der Waals surface area contributed by atoms with Crippen LogP contribution in [-0.4, -0.2) is 21.8 Å². The zero-order valence-corrected chi connectivity index (χ0v) is 14.2. The average molecular weight is 341 g/mol. The summed E-state index contributed by atoms with van der Waals surface area (Å²) in [6, 6.07) is 16.0. The molecule has 24 heavy (non-hydrogen) atoms. The Morgan fingerprint density at radius 2 is 1.83 bits per heavy atom. The smallest absolute Gasteiger partial charge is 0.335 e. The summed E-state index contributed by atoms with van der Waals surface area (Å²) in [5.74, 6) is -1.48. The van der Waals surface area contributed by atoms with Crippen molar-refractivity contribution in [2.45, 2.75) is 19.8 Å². The van der Waals surface area contributed by atoms with Gasteiger partial charge in [0.2, 0.25) is 5.91 Å². The number of nitrogens with one attached hydrogen (secondary N) is 1. The zero-order valence-electron chi connectivity index (χ0n) is 13.4. The number of carboxylic acid groups (broad SMARTS) is 1. The highest BCUT2D eigenvalue weighted by molar-refractivity contribution is 7.80. The molecular weight excluding hydrogens is 322 g/mol. The first kappa shape index (κ1) is 17.8. The van der Waals surface area contributed by atoms with E-state index in [0.717, 1.165) is 10.4 Å². The Bertz CT molecular complexity index is 743. The SMILES string of the molecule is CC(=S)CC(Cc1ccccc1)C(=O)Nc1cccc(C(=O)O)c1. The highest BCUT2D eigenvalue weighted by Crippen LogP contribution is 2.18. The van der Waals surface area contributed by atoms with E-state index in [-0.39, 0.29) is 17.4 Å². The van der Waals surface area contributed by atoms with Crippen molar-refractivity contribution in [1.82, 2.24) is 0 Å². The van der Waals surface area contributed by atoms with Gasteiger partial charge in [-0.3, -0.25) is 4.79 Å². The second-order valence-corrected chi connectivity index (χ2v) is 6.36. The maximum Gasteiger partial charge on any atom is 0.335 e. The summed E-state index contributed by atoms with van der Waals surface area (Å²) in [5, 5.41) is 11.8. The summed E-state index contributed by atoms with van der Waals surface area (Å²) in [5.41, 5.74) is 1.67. The van der Waals surface area contributed by atoms with Crippen molar-refractivity contribution < 1.29 is 14.7 Å². The van der Waals surface area contributed by atoms with Crippen molar-refractivity contribution in [3.05, 3.63) is 65.7 Å². The molecule has 0 bridgehead atoms. The lowest BCUT2D eigenvalue weighted by atomic mass is 9.94. The first-order chi connectivity index (χ1) is 11.5. The number of amides is 1. The Morgan fingerprint density at radius 3 is 2.46 bits per heavy atom. The van der Waals surface area contributed by atoms with Crippen LogP contribution in [0.25, 0.3) is 0 Å². The largest absolute Gasteiger partial charge is 0.478 e. The molecule has 0 spiro atoms. The number of hydrogen-bond acceptors (Lipinski definition) is 3. The fourth-order valence-electron chi connectivity index (χ4n) is 2.48. The number of anilines is 1. The molecule has 0 radical (unpaired) electrons. The van der Waals surface area contributed by atoms with Crippen molar-refractivity contribution in [3.8, 4) is 0 Å². The minimum atomic E-state index is -1.03. The van der Waals surface area contributed by atoms with Crippen molar-refractivity contribution in [2.24, 2.45) is 5.92 Å². The maximum atomic E-state index is 12.6. The Hall–Kier alpha value is -2.53. The molecule has 2 N–H and O–H groups in total. The third-order valence-corrected chi connectivity index (χ3v) is 3.77. The Morgan fingerprint density at radius 1 is 1.12 bits per heavy atom. The topological polar surface area (TPSA) is 66.4 Å². The molecule has 2 aromatic carbocycles. The summed E-state index contributed by atoms with van der Waals surface area (Å²) in [4.78, 5) is 24.4. The van der Waals surface area contributed by atoms with E-state index in [4.69, 9.17) is 17.3 Å². The van der Waals surface area contributed by atoms with Crippen molar-refractivity contribution in [3.63, 3.8) is 0 Å². The molecule has 0 saturated heterocycles. The predicted molar refractivity (Wildman–Crippen MR) is 98.6 cm³/mol. The van der Waals surface area contributed by atoms with Gasteiger partial charge in [0.05, 0.1) is 5.56 Å². The fourth-order valence-corrected chi connectivity index (χ4v) is 2.68. The van der Waals surface area contributed by atoms with Gasteiger partial charge < -0.3 is 10.4 Å². The van der Waals surface area contributed by atoms with E-state index >= 15 is 0 Å². The molecule has 0 aliphatic heterocycles. The third kappa shape index (κ3) is 5.28. The van der Waals surface area contributed by atoms with Crippen LogP contribution in [-0.2, 0) is 11.2 Å². The lowest BCUT2D eigenvalue weighted by molar-refractivity contribution is -0.119. The van der Waals surface area contributed by atoms with Crippen molar-refractivity contribution in [2.75, 3.05) is 5.32 Å². The van der Waals surface area contributed by atoms with Crippen LogP contribution < -0.4 is 5.32 Å². The molecule has 2 aromatic rings. The number of benzene rings is 2. The quantitative estimate of drug-likeness (QED) is 0.748. The minimum Gasteiger partial charge on any atom is -0.478 e. The molecule has 2 rings (SSSR count). The number of carboxylic acids is 1.